The fraction of sp³-hybridized carbons (Fsp3) is 0.316. The molecule has 0 aromatic heterocycles. The van der Waals surface area contributed by atoms with Gasteiger partial charge < -0.3 is 10.6 Å². The van der Waals surface area contributed by atoms with Crippen LogP contribution in [0.15, 0.2) is 47.4 Å². The second-order valence-corrected chi connectivity index (χ2v) is 8.26. The molecule has 0 bridgehead atoms. The van der Waals surface area contributed by atoms with E-state index in [1.165, 1.54) is 30.3 Å². The van der Waals surface area contributed by atoms with Crippen LogP contribution in [0.25, 0.3) is 0 Å². The monoisotopic (exact) mass is 391 g/mol. The Morgan fingerprint density at radius 1 is 1.19 bits per heavy atom. The lowest BCUT2D eigenvalue weighted by molar-refractivity contribution is 0.0930. The van der Waals surface area contributed by atoms with Crippen LogP contribution in [0.4, 0.5) is 10.1 Å². The summed E-state index contributed by atoms with van der Waals surface area (Å²) in [6.45, 7) is 3.30. The van der Waals surface area contributed by atoms with Crippen molar-refractivity contribution in [2.75, 3.05) is 17.8 Å². The smallest absolute Gasteiger partial charge is 0.262 e. The lowest BCUT2D eigenvalue weighted by Gasteiger charge is -2.24. The summed E-state index contributed by atoms with van der Waals surface area (Å²) in [6, 6.07) is 9.64. The van der Waals surface area contributed by atoms with Gasteiger partial charge in [0.25, 0.3) is 15.9 Å². The zero-order valence-corrected chi connectivity index (χ0v) is 15.8. The van der Waals surface area contributed by atoms with Crippen LogP contribution in [0.5, 0.6) is 0 Å². The molecule has 2 aromatic rings. The number of rotatable bonds is 5. The van der Waals surface area contributed by atoms with E-state index >= 15 is 0 Å². The van der Waals surface area contributed by atoms with Gasteiger partial charge in [0.2, 0.25) is 0 Å². The highest BCUT2D eigenvalue weighted by atomic mass is 32.2. The molecule has 1 heterocycles. The van der Waals surface area contributed by atoms with Crippen LogP contribution >= 0.6 is 0 Å². The molecule has 0 aliphatic carbocycles. The van der Waals surface area contributed by atoms with E-state index in [9.17, 15) is 17.6 Å². The van der Waals surface area contributed by atoms with Crippen LogP contribution in [0.1, 0.15) is 28.8 Å². The van der Waals surface area contributed by atoms with E-state index < -0.39 is 15.8 Å². The summed E-state index contributed by atoms with van der Waals surface area (Å²) in [5.41, 5.74) is 1.05. The summed E-state index contributed by atoms with van der Waals surface area (Å²) < 4.78 is 40.9. The van der Waals surface area contributed by atoms with Crippen molar-refractivity contribution in [2.24, 2.45) is 0 Å². The summed E-state index contributed by atoms with van der Waals surface area (Å²) in [7, 11) is -3.91. The van der Waals surface area contributed by atoms with E-state index in [0.29, 0.717) is 12.1 Å². The first-order valence-electron chi connectivity index (χ1n) is 8.76. The standard InChI is InChI=1S/C19H22FN3O3S/c1-13-4-5-14(19(24)22-17-3-2-10-21-12-17)11-18(13)27(25,26)23-16-8-6-15(20)7-9-16/h4-9,11,17,21,23H,2-3,10,12H2,1H3,(H,22,24)/t17-/m0/s1. The molecule has 3 N–H and O–H groups in total. The largest absolute Gasteiger partial charge is 0.348 e. The molecule has 0 radical (unpaired) electrons. The van der Waals surface area contributed by atoms with Crippen molar-refractivity contribution < 1.29 is 17.6 Å². The van der Waals surface area contributed by atoms with Crippen molar-refractivity contribution in [3.63, 3.8) is 0 Å². The van der Waals surface area contributed by atoms with E-state index in [4.69, 9.17) is 0 Å². The molecule has 6 nitrogen and oxygen atoms in total. The minimum Gasteiger partial charge on any atom is -0.348 e. The normalized spacial score (nSPS) is 17.3. The van der Waals surface area contributed by atoms with Gasteiger partial charge in [0.1, 0.15) is 5.82 Å². The quantitative estimate of drug-likeness (QED) is 0.731. The predicted molar refractivity (Wildman–Crippen MR) is 102 cm³/mol. The molecule has 1 atom stereocenters. The van der Waals surface area contributed by atoms with Gasteiger partial charge in [0.05, 0.1) is 4.90 Å². The molecule has 1 aliphatic heterocycles. The average Bonchev–Trinajstić information content (AvgIpc) is 2.64. The maximum absolute atomic E-state index is 13.0. The van der Waals surface area contributed by atoms with Crippen molar-refractivity contribution in [1.29, 1.82) is 0 Å². The molecule has 2 aromatic carbocycles. The number of nitrogens with one attached hydrogen (secondary N) is 3. The molecule has 0 spiro atoms. The van der Waals surface area contributed by atoms with Gasteiger partial charge in [0, 0.05) is 23.8 Å². The fourth-order valence-electron chi connectivity index (χ4n) is 3.00. The van der Waals surface area contributed by atoms with Crippen molar-refractivity contribution in [3.05, 3.63) is 59.4 Å². The van der Waals surface area contributed by atoms with Crippen LogP contribution in [-0.4, -0.2) is 33.5 Å². The van der Waals surface area contributed by atoms with Gasteiger partial charge in [-0.1, -0.05) is 6.07 Å². The Kier molecular flexibility index (Phi) is 5.76. The van der Waals surface area contributed by atoms with Crippen molar-refractivity contribution in [3.8, 4) is 0 Å². The van der Waals surface area contributed by atoms with E-state index in [2.05, 4.69) is 15.4 Å². The molecule has 1 fully saturated rings. The molecule has 1 aliphatic rings. The number of carbonyl (C=O) groups is 1. The molecule has 0 saturated carbocycles. The second kappa shape index (κ2) is 8.06. The second-order valence-electron chi connectivity index (χ2n) is 6.61. The number of anilines is 1. The van der Waals surface area contributed by atoms with E-state index in [0.717, 1.165) is 19.4 Å². The summed E-state index contributed by atoms with van der Waals surface area (Å²) >= 11 is 0. The third-order valence-corrected chi connectivity index (χ3v) is 5.99. The van der Waals surface area contributed by atoms with Crippen LogP contribution in [0.3, 0.4) is 0 Å². The Bertz CT molecular complexity index is 924. The summed E-state index contributed by atoms with van der Waals surface area (Å²) in [6.07, 6.45) is 1.88. The van der Waals surface area contributed by atoms with Crippen LogP contribution in [-0.2, 0) is 10.0 Å². The molecule has 8 heteroatoms. The number of amides is 1. The van der Waals surface area contributed by atoms with Gasteiger partial charge in [-0.05, 0) is 68.3 Å². The molecule has 3 rings (SSSR count). The molecule has 27 heavy (non-hydrogen) atoms. The minimum atomic E-state index is -3.91. The number of sulfonamides is 1. The Balaban J connectivity index is 1.81. The Morgan fingerprint density at radius 2 is 1.93 bits per heavy atom. The zero-order chi connectivity index (χ0) is 19.4. The van der Waals surface area contributed by atoms with Crippen LogP contribution < -0.4 is 15.4 Å². The fourth-order valence-corrected chi connectivity index (χ4v) is 4.33. The summed E-state index contributed by atoms with van der Waals surface area (Å²) in [5.74, 6) is -0.757. The first kappa shape index (κ1) is 19.3. The van der Waals surface area contributed by atoms with Gasteiger partial charge in [-0.15, -0.1) is 0 Å². The Labute approximate surface area is 158 Å². The van der Waals surface area contributed by atoms with E-state index in [1.807, 2.05) is 0 Å². The first-order chi connectivity index (χ1) is 12.8. The van der Waals surface area contributed by atoms with Gasteiger partial charge in [0.15, 0.2) is 0 Å². The number of piperidine rings is 1. The molecule has 1 saturated heterocycles. The number of hydrogen-bond acceptors (Lipinski definition) is 4. The third-order valence-electron chi connectivity index (χ3n) is 4.47. The molecule has 144 valence electrons. The number of halogens is 1. The van der Waals surface area contributed by atoms with Crippen LogP contribution in [0.2, 0.25) is 0 Å². The lowest BCUT2D eigenvalue weighted by Crippen LogP contribution is -2.45. The number of hydrogen-bond donors (Lipinski definition) is 3. The highest BCUT2D eigenvalue weighted by Crippen LogP contribution is 2.21. The number of benzene rings is 2. The summed E-state index contributed by atoms with van der Waals surface area (Å²) in [5, 5.41) is 6.15. The Morgan fingerprint density at radius 3 is 2.59 bits per heavy atom. The van der Waals surface area contributed by atoms with Gasteiger partial charge >= 0.3 is 0 Å². The first-order valence-corrected chi connectivity index (χ1v) is 10.2. The van der Waals surface area contributed by atoms with Crippen molar-refractivity contribution in [1.82, 2.24) is 10.6 Å². The van der Waals surface area contributed by atoms with Gasteiger partial charge in [-0.3, -0.25) is 9.52 Å². The highest BCUT2D eigenvalue weighted by Gasteiger charge is 2.21. The van der Waals surface area contributed by atoms with Gasteiger partial charge in [-0.2, -0.15) is 0 Å². The van der Waals surface area contributed by atoms with Crippen molar-refractivity contribution in [2.45, 2.75) is 30.7 Å². The highest BCUT2D eigenvalue weighted by molar-refractivity contribution is 7.92. The molecule has 0 unspecified atom stereocenters. The maximum Gasteiger partial charge on any atom is 0.262 e. The third kappa shape index (κ3) is 4.84. The predicted octanol–water partition coefficient (Wildman–Crippen LogP) is 2.42. The average molecular weight is 391 g/mol. The zero-order valence-electron chi connectivity index (χ0n) is 15.0. The summed E-state index contributed by atoms with van der Waals surface area (Å²) in [4.78, 5) is 12.5. The lowest BCUT2D eigenvalue weighted by atomic mass is 10.1. The van der Waals surface area contributed by atoms with E-state index in [-0.39, 0.29) is 28.1 Å². The maximum atomic E-state index is 13.0. The van der Waals surface area contributed by atoms with Crippen LogP contribution in [0, 0.1) is 12.7 Å². The topological polar surface area (TPSA) is 87.3 Å². The number of carbonyl (C=O) groups excluding carboxylic acids is 1. The SMILES string of the molecule is Cc1ccc(C(=O)N[C@H]2CCCNC2)cc1S(=O)(=O)Nc1ccc(F)cc1. The Hall–Kier alpha value is -2.45. The molecular weight excluding hydrogens is 369 g/mol. The minimum absolute atomic E-state index is 0.0150. The molecule has 1 amide bonds. The van der Waals surface area contributed by atoms with Gasteiger partial charge in [-0.25, -0.2) is 12.8 Å². The van der Waals surface area contributed by atoms with E-state index in [1.54, 1.807) is 19.1 Å². The van der Waals surface area contributed by atoms with Crippen molar-refractivity contribution >= 4 is 21.6 Å². The number of aryl methyl sites for hydroxylation is 1. The molecular formula is C19H22FN3O3S.